The molecule has 1 aromatic carbocycles. The van der Waals surface area contributed by atoms with Crippen LogP contribution >= 0.6 is 0 Å². The Labute approximate surface area is 86.5 Å². The van der Waals surface area contributed by atoms with Gasteiger partial charge in [-0.1, -0.05) is 0 Å². The van der Waals surface area contributed by atoms with E-state index in [1.807, 2.05) is 0 Å². The van der Waals surface area contributed by atoms with Gasteiger partial charge in [-0.2, -0.15) is 4.39 Å². The van der Waals surface area contributed by atoms with Gasteiger partial charge in [0.15, 0.2) is 11.6 Å². The Bertz CT molecular complexity index is 356. The molecule has 0 saturated heterocycles. The number of nitrogens with two attached hydrogens (primary N) is 1. The minimum Gasteiger partial charge on any atom is -0.494 e. The quantitative estimate of drug-likeness (QED) is 0.803. The summed E-state index contributed by atoms with van der Waals surface area (Å²) >= 11 is 0. The average Bonchev–Trinajstić information content (AvgIpc) is 2.20. The highest BCUT2D eigenvalue weighted by Crippen LogP contribution is 2.26. The molecule has 15 heavy (non-hydrogen) atoms. The SMILES string of the molecule is COc1cc(C(O)C(C)N)cc(F)c1F. The molecule has 84 valence electrons. The van der Waals surface area contributed by atoms with Gasteiger partial charge in [0.25, 0.3) is 0 Å². The van der Waals surface area contributed by atoms with E-state index in [9.17, 15) is 13.9 Å². The predicted molar refractivity (Wildman–Crippen MR) is 51.5 cm³/mol. The lowest BCUT2D eigenvalue weighted by Gasteiger charge is -2.16. The van der Waals surface area contributed by atoms with E-state index < -0.39 is 23.8 Å². The largest absolute Gasteiger partial charge is 0.494 e. The molecule has 3 N–H and O–H groups in total. The van der Waals surface area contributed by atoms with Crippen molar-refractivity contribution < 1.29 is 18.6 Å². The molecule has 3 nitrogen and oxygen atoms in total. The molecule has 5 heteroatoms. The number of ether oxygens (including phenoxy) is 1. The van der Waals surface area contributed by atoms with E-state index in [2.05, 4.69) is 4.74 Å². The smallest absolute Gasteiger partial charge is 0.200 e. The molecule has 1 rings (SSSR count). The molecule has 0 bridgehead atoms. The number of hydrogen-bond donors (Lipinski definition) is 2. The van der Waals surface area contributed by atoms with Crippen molar-refractivity contribution in [3.8, 4) is 5.75 Å². The minimum atomic E-state index is -1.07. The summed E-state index contributed by atoms with van der Waals surface area (Å²) < 4.78 is 30.7. The third-order valence-corrected chi connectivity index (χ3v) is 2.08. The molecule has 0 spiro atoms. The van der Waals surface area contributed by atoms with Gasteiger partial charge in [0.05, 0.1) is 13.2 Å². The Balaban J connectivity index is 3.16. The van der Waals surface area contributed by atoms with Crippen LogP contribution < -0.4 is 10.5 Å². The maximum Gasteiger partial charge on any atom is 0.200 e. The lowest BCUT2D eigenvalue weighted by molar-refractivity contribution is 0.152. The van der Waals surface area contributed by atoms with Crippen LogP contribution in [0.3, 0.4) is 0 Å². The summed E-state index contributed by atoms with van der Waals surface area (Å²) in [5.41, 5.74) is 5.64. The monoisotopic (exact) mass is 217 g/mol. The van der Waals surface area contributed by atoms with Crippen LogP contribution in [0.5, 0.6) is 5.75 Å². The molecule has 0 saturated carbocycles. The number of methoxy groups -OCH3 is 1. The van der Waals surface area contributed by atoms with E-state index in [1.165, 1.54) is 13.2 Å². The summed E-state index contributed by atoms with van der Waals surface area (Å²) in [6.07, 6.45) is -1.05. The third-order valence-electron chi connectivity index (χ3n) is 2.08. The van der Waals surface area contributed by atoms with E-state index in [4.69, 9.17) is 5.73 Å². The minimum absolute atomic E-state index is 0.195. The van der Waals surface area contributed by atoms with Gasteiger partial charge in [-0.05, 0) is 24.6 Å². The van der Waals surface area contributed by atoms with Crippen LogP contribution in [0.4, 0.5) is 8.78 Å². The van der Waals surface area contributed by atoms with E-state index in [1.54, 1.807) is 6.92 Å². The first-order valence-electron chi connectivity index (χ1n) is 4.44. The first-order chi connectivity index (χ1) is 6.97. The molecule has 2 unspecified atom stereocenters. The number of halogens is 2. The maximum absolute atomic E-state index is 13.0. The summed E-state index contributed by atoms with van der Waals surface area (Å²) in [7, 11) is 1.22. The first-order valence-corrected chi connectivity index (χ1v) is 4.44. The van der Waals surface area contributed by atoms with Crippen molar-refractivity contribution in [1.29, 1.82) is 0 Å². The summed E-state index contributed by atoms with van der Waals surface area (Å²) in [5, 5.41) is 9.56. The molecular formula is C10H13F2NO2. The zero-order valence-corrected chi connectivity index (χ0v) is 8.50. The molecule has 0 fully saturated rings. The van der Waals surface area contributed by atoms with E-state index >= 15 is 0 Å². The molecule has 2 atom stereocenters. The van der Waals surface area contributed by atoms with Gasteiger partial charge < -0.3 is 15.6 Å². The van der Waals surface area contributed by atoms with Crippen LogP contribution in [0, 0.1) is 11.6 Å². The molecule has 0 aliphatic carbocycles. The summed E-state index contributed by atoms with van der Waals surface area (Å²) in [4.78, 5) is 0. The van der Waals surface area contributed by atoms with Crippen molar-refractivity contribution in [2.24, 2.45) is 5.73 Å². The number of benzene rings is 1. The first kappa shape index (κ1) is 11.9. The lowest BCUT2D eigenvalue weighted by Crippen LogP contribution is -2.24. The second-order valence-corrected chi connectivity index (χ2v) is 3.32. The van der Waals surface area contributed by atoms with Crippen LogP contribution in [0.1, 0.15) is 18.6 Å². The van der Waals surface area contributed by atoms with Gasteiger partial charge in [-0.3, -0.25) is 0 Å². The normalized spacial score (nSPS) is 14.8. The standard InChI is InChI=1S/C10H13F2NO2/c1-5(13)10(14)6-3-7(11)9(12)8(4-6)15-2/h3-5,10,14H,13H2,1-2H3. The van der Waals surface area contributed by atoms with Crippen LogP contribution in [-0.2, 0) is 0 Å². The molecule has 0 aliphatic rings. The number of aliphatic hydroxyl groups is 1. The highest BCUT2D eigenvalue weighted by Gasteiger charge is 2.18. The zero-order valence-electron chi connectivity index (χ0n) is 8.50. The molecule has 1 aromatic rings. The van der Waals surface area contributed by atoms with Gasteiger partial charge in [-0.15, -0.1) is 0 Å². The van der Waals surface area contributed by atoms with Crippen molar-refractivity contribution in [1.82, 2.24) is 0 Å². The summed E-state index contributed by atoms with van der Waals surface area (Å²) in [6.45, 7) is 1.57. The zero-order chi connectivity index (χ0) is 11.6. The predicted octanol–water partition coefficient (Wildman–Crippen LogP) is 1.35. The highest BCUT2D eigenvalue weighted by atomic mass is 19.2. The Morgan fingerprint density at radius 2 is 2.00 bits per heavy atom. The van der Waals surface area contributed by atoms with E-state index in [-0.39, 0.29) is 11.3 Å². The maximum atomic E-state index is 13.0. The van der Waals surface area contributed by atoms with Crippen LogP contribution in [0.25, 0.3) is 0 Å². The van der Waals surface area contributed by atoms with E-state index in [0.29, 0.717) is 0 Å². The topological polar surface area (TPSA) is 55.5 Å². The van der Waals surface area contributed by atoms with Gasteiger partial charge in [0, 0.05) is 6.04 Å². The Kier molecular flexibility index (Phi) is 3.60. The average molecular weight is 217 g/mol. The Morgan fingerprint density at radius 3 is 2.47 bits per heavy atom. The van der Waals surface area contributed by atoms with Gasteiger partial charge in [-0.25, -0.2) is 4.39 Å². The highest BCUT2D eigenvalue weighted by molar-refractivity contribution is 5.33. The van der Waals surface area contributed by atoms with Crippen LogP contribution in [0.15, 0.2) is 12.1 Å². The van der Waals surface area contributed by atoms with Crippen LogP contribution in [-0.4, -0.2) is 18.3 Å². The fourth-order valence-electron chi connectivity index (χ4n) is 1.21. The van der Waals surface area contributed by atoms with Crippen LogP contribution in [0.2, 0.25) is 0 Å². The van der Waals surface area contributed by atoms with E-state index in [0.717, 1.165) is 6.07 Å². The van der Waals surface area contributed by atoms with Crippen molar-refractivity contribution in [2.75, 3.05) is 7.11 Å². The molecule has 0 radical (unpaired) electrons. The molecule has 0 heterocycles. The molecule has 0 amide bonds. The third kappa shape index (κ3) is 2.43. The number of aliphatic hydroxyl groups excluding tert-OH is 1. The summed E-state index contributed by atoms with van der Waals surface area (Å²) in [5.74, 6) is -2.38. The van der Waals surface area contributed by atoms with Crippen molar-refractivity contribution in [2.45, 2.75) is 19.1 Å². The number of rotatable bonds is 3. The fourth-order valence-corrected chi connectivity index (χ4v) is 1.21. The lowest BCUT2D eigenvalue weighted by atomic mass is 10.0. The van der Waals surface area contributed by atoms with Gasteiger partial charge in [0.2, 0.25) is 5.82 Å². The van der Waals surface area contributed by atoms with Crippen molar-refractivity contribution in [3.63, 3.8) is 0 Å². The number of hydrogen-bond acceptors (Lipinski definition) is 3. The van der Waals surface area contributed by atoms with Crippen molar-refractivity contribution >= 4 is 0 Å². The van der Waals surface area contributed by atoms with Gasteiger partial charge in [0.1, 0.15) is 0 Å². The fraction of sp³-hybridized carbons (Fsp3) is 0.400. The Morgan fingerprint density at radius 1 is 1.40 bits per heavy atom. The van der Waals surface area contributed by atoms with Gasteiger partial charge >= 0.3 is 0 Å². The second kappa shape index (κ2) is 4.55. The molecule has 0 aromatic heterocycles. The molecular weight excluding hydrogens is 204 g/mol. The van der Waals surface area contributed by atoms with Crippen molar-refractivity contribution in [3.05, 3.63) is 29.3 Å². The second-order valence-electron chi connectivity index (χ2n) is 3.32. The summed E-state index contributed by atoms with van der Waals surface area (Å²) in [6, 6.07) is 1.57. The molecule has 0 aliphatic heterocycles. The Hall–Kier alpha value is -1.20.